The second kappa shape index (κ2) is 5.78. The molecular weight excluding hydrogens is 299 g/mol. The summed E-state index contributed by atoms with van der Waals surface area (Å²) in [5.74, 6) is -0.962. The standard InChI is InChI=1S/C13H19FN2O4S/c1-8-3-4-16(12(8)7-17)21(18,19)9-5-10(14)13(20-2)11(15)6-9/h5-6,8,12,17H,3-4,7,15H2,1-2H3. The van der Waals surface area contributed by atoms with Crippen molar-refractivity contribution in [1.29, 1.82) is 0 Å². The number of aliphatic hydroxyl groups excluding tert-OH is 1. The number of sulfonamides is 1. The van der Waals surface area contributed by atoms with E-state index in [1.165, 1.54) is 17.5 Å². The Morgan fingerprint density at radius 3 is 2.71 bits per heavy atom. The van der Waals surface area contributed by atoms with Crippen molar-refractivity contribution in [3.8, 4) is 5.75 Å². The lowest BCUT2D eigenvalue weighted by molar-refractivity contribution is 0.191. The van der Waals surface area contributed by atoms with E-state index in [1.54, 1.807) is 0 Å². The first-order valence-electron chi connectivity index (χ1n) is 6.58. The molecule has 0 spiro atoms. The first kappa shape index (κ1) is 16.0. The molecule has 0 aromatic heterocycles. The van der Waals surface area contributed by atoms with Crippen molar-refractivity contribution in [1.82, 2.24) is 4.31 Å². The van der Waals surface area contributed by atoms with Gasteiger partial charge in [-0.1, -0.05) is 6.92 Å². The number of benzene rings is 1. The Morgan fingerprint density at radius 2 is 2.19 bits per heavy atom. The van der Waals surface area contributed by atoms with Crippen LogP contribution in [0.5, 0.6) is 5.75 Å². The second-order valence-corrected chi connectivity index (χ2v) is 7.05. The van der Waals surface area contributed by atoms with E-state index in [4.69, 9.17) is 10.5 Å². The highest BCUT2D eigenvalue weighted by atomic mass is 32.2. The lowest BCUT2D eigenvalue weighted by Crippen LogP contribution is -2.39. The van der Waals surface area contributed by atoms with Crippen LogP contribution in [0.2, 0.25) is 0 Å². The van der Waals surface area contributed by atoms with E-state index in [9.17, 15) is 17.9 Å². The first-order valence-corrected chi connectivity index (χ1v) is 8.02. The Kier molecular flexibility index (Phi) is 4.40. The lowest BCUT2D eigenvalue weighted by Gasteiger charge is -2.24. The van der Waals surface area contributed by atoms with Crippen molar-refractivity contribution in [3.63, 3.8) is 0 Å². The summed E-state index contributed by atoms with van der Waals surface area (Å²) in [6.45, 7) is 1.90. The molecule has 1 aromatic rings. The van der Waals surface area contributed by atoms with E-state index in [2.05, 4.69) is 0 Å². The Balaban J connectivity index is 2.45. The van der Waals surface area contributed by atoms with Crippen LogP contribution in [0.1, 0.15) is 13.3 Å². The summed E-state index contributed by atoms with van der Waals surface area (Å²) in [6, 6.07) is 1.57. The van der Waals surface area contributed by atoms with Gasteiger partial charge in [-0.05, 0) is 24.5 Å². The zero-order valence-electron chi connectivity index (χ0n) is 11.9. The number of hydrogen-bond acceptors (Lipinski definition) is 5. The molecule has 1 fully saturated rings. The monoisotopic (exact) mass is 318 g/mol. The van der Waals surface area contributed by atoms with Gasteiger partial charge >= 0.3 is 0 Å². The number of nitrogens with zero attached hydrogens (tertiary/aromatic N) is 1. The molecule has 2 atom stereocenters. The van der Waals surface area contributed by atoms with E-state index in [-0.39, 0.29) is 28.9 Å². The smallest absolute Gasteiger partial charge is 0.243 e. The summed E-state index contributed by atoms with van der Waals surface area (Å²) < 4.78 is 45.0. The molecule has 1 aliphatic rings. The highest BCUT2D eigenvalue weighted by Crippen LogP contribution is 2.33. The molecule has 0 radical (unpaired) electrons. The number of hydrogen-bond donors (Lipinski definition) is 2. The fraction of sp³-hybridized carbons (Fsp3) is 0.538. The van der Waals surface area contributed by atoms with Gasteiger partial charge in [-0.2, -0.15) is 4.31 Å². The topological polar surface area (TPSA) is 92.9 Å². The van der Waals surface area contributed by atoms with E-state index in [0.29, 0.717) is 13.0 Å². The minimum Gasteiger partial charge on any atom is -0.492 e. The van der Waals surface area contributed by atoms with Crippen LogP contribution in [0, 0.1) is 11.7 Å². The van der Waals surface area contributed by atoms with Gasteiger partial charge in [0.25, 0.3) is 0 Å². The normalized spacial score (nSPS) is 23.4. The Labute approximate surface area is 123 Å². The average molecular weight is 318 g/mol. The van der Waals surface area contributed by atoms with Gasteiger partial charge in [-0.15, -0.1) is 0 Å². The molecule has 8 heteroatoms. The van der Waals surface area contributed by atoms with Gasteiger partial charge < -0.3 is 15.6 Å². The molecule has 2 rings (SSSR count). The molecule has 1 aliphatic heterocycles. The van der Waals surface area contributed by atoms with Crippen LogP contribution in [0.25, 0.3) is 0 Å². The maximum Gasteiger partial charge on any atom is 0.243 e. The maximum absolute atomic E-state index is 13.8. The fourth-order valence-electron chi connectivity index (χ4n) is 2.63. The zero-order valence-corrected chi connectivity index (χ0v) is 12.7. The molecule has 0 aliphatic carbocycles. The summed E-state index contributed by atoms with van der Waals surface area (Å²) in [4.78, 5) is -0.231. The molecule has 0 saturated carbocycles. The van der Waals surface area contributed by atoms with Crippen molar-refractivity contribution >= 4 is 15.7 Å². The third-order valence-corrected chi connectivity index (χ3v) is 5.78. The Hall–Kier alpha value is -1.38. The predicted molar refractivity (Wildman–Crippen MR) is 75.9 cm³/mol. The van der Waals surface area contributed by atoms with E-state index >= 15 is 0 Å². The molecule has 2 unspecified atom stereocenters. The van der Waals surface area contributed by atoms with Crippen LogP contribution in [-0.2, 0) is 10.0 Å². The quantitative estimate of drug-likeness (QED) is 0.801. The van der Waals surface area contributed by atoms with Crippen LogP contribution in [-0.4, -0.2) is 44.1 Å². The van der Waals surface area contributed by atoms with Gasteiger partial charge in [0.05, 0.1) is 30.3 Å². The van der Waals surface area contributed by atoms with Crippen LogP contribution < -0.4 is 10.5 Å². The molecule has 3 N–H and O–H groups in total. The number of ether oxygens (including phenoxy) is 1. The molecular formula is C13H19FN2O4S. The highest BCUT2D eigenvalue weighted by molar-refractivity contribution is 7.89. The van der Waals surface area contributed by atoms with Crippen LogP contribution in [0.15, 0.2) is 17.0 Å². The van der Waals surface area contributed by atoms with Gasteiger partial charge in [-0.3, -0.25) is 0 Å². The molecule has 118 valence electrons. The molecule has 1 saturated heterocycles. The number of nitrogen functional groups attached to an aromatic ring is 1. The van der Waals surface area contributed by atoms with Gasteiger partial charge in [0.15, 0.2) is 11.6 Å². The molecule has 6 nitrogen and oxygen atoms in total. The SMILES string of the molecule is COc1c(N)cc(S(=O)(=O)N2CCC(C)C2CO)cc1F. The fourth-order valence-corrected chi connectivity index (χ4v) is 4.41. The largest absolute Gasteiger partial charge is 0.492 e. The summed E-state index contributed by atoms with van der Waals surface area (Å²) >= 11 is 0. The predicted octanol–water partition coefficient (Wildman–Crippen LogP) is 0.808. The summed E-state index contributed by atoms with van der Waals surface area (Å²) in [7, 11) is -2.65. The van der Waals surface area contributed by atoms with Crippen LogP contribution in [0.4, 0.5) is 10.1 Å². The highest BCUT2D eigenvalue weighted by Gasteiger charge is 2.39. The Morgan fingerprint density at radius 1 is 1.52 bits per heavy atom. The average Bonchev–Trinajstić information content (AvgIpc) is 2.80. The van der Waals surface area contributed by atoms with Crippen molar-refractivity contribution in [3.05, 3.63) is 17.9 Å². The molecule has 1 aromatic carbocycles. The first-order chi connectivity index (χ1) is 9.82. The minimum atomic E-state index is -3.91. The third-order valence-electron chi connectivity index (χ3n) is 3.88. The Bertz CT molecular complexity index is 612. The van der Waals surface area contributed by atoms with Crippen molar-refractivity contribution in [2.45, 2.75) is 24.3 Å². The summed E-state index contributed by atoms with van der Waals surface area (Å²) in [6.07, 6.45) is 0.651. The molecule has 0 amide bonds. The number of nitrogens with two attached hydrogens (primary N) is 1. The van der Waals surface area contributed by atoms with E-state index in [0.717, 1.165) is 6.07 Å². The molecule has 21 heavy (non-hydrogen) atoms. The van der Waals surface area contributed by atoms with Gasteiger partial charge in [-0.25, -0.2) is 12.8 Å². The zero-order chi connectivity index (χ0) is 15.8. The maximum atomic E-state index is 13.8. The van der Waals surface area contributed by atoms with Crippen molar-refractivity contribution in [2.24, 2.45) is 5.92 Å². The minimum absolute atomic E-state index is 0.0465. The number of anilines is 1. The number of rotatable bonds is 4. The van der Waals surface area contributed by atoms with Crippen molar-refractivity contribution < 1.29 is 22.7 Å². The van der Waals surface area contributed by atoms with Crippen LogP contribution in [0.3, 0.4) is 0 Å². The molecule has 0 bridgehead atoms. The second-order valence-electron chi connectivity index (χ2n) is 5.16. The molecule has 1 heterocycles. The lowest BCUT2D eigenvalue weighted by atomic mass is 10.0. The summed E-state index contributed by atoms with van der Waals surface area (Å²) in [5, 5.41) is 9.38. The van der Waals surface area contributed by atoms with Gasteiger partial charge in [0, 0.05) is 6.54 Å². The van der Waals surface area contributed by atoms with Crippen molar-refractivity contribution in [2.75, 3.05) is 26.0 Å². The van der Waals surface area contributed by atoms with Gasteiger partial charge in [0.2, 0.25) is 10.0 Å². The van der Waals surface area contributed by atoms with E-state index < -0.39 is 21.9 Å². The van der Waals surface area contributed by atoms with Crippen LogP contribution >= 0.6 is 0 Å². The number of methoxy groups -OCH3 is 1. The van der Waals surface area contributed by atoms with Gasteiger partial charge in [0.1, 0.15) is 0 Å². The van der Waals surface area contributed by atoms with E-state index in [1.807, 2.05) is 6.92 Å². The third kappa shape index (κ3) is 2.70. The number of aliphatic hydroxyl groups is 1. The number of halogens is 1. The summed E-state index contributed by atoms with van der Waals surface area (Å²) in [5.41, 5.74) is 5.55.